The number of benzene rings is 1. The summed E-state index contributed by atoms with van der Waals surface area (Å²) < 4.78 is 0. The molecule has 1 heterocycles. The van der Waals surface area contributed by atoms with Crippen molar-refractivity contribution in [3.8, 4) is 11.5 Å². The quantitative estimate of drug-likeness (QED) is 0.610. The van der Waals surface area contributed by atoms with Gasteiger partial charge in [0.2, 0.25) is 0 Å². The van der Waals surface area contributed by atoms with Crippen LogP contribution in [-0.2, 0) is 0 Å². The molecule has 4 N–H and O–H groups in total. The summed E-state index contributed by atoms with van der Waals surface area (Å²) in [5.41, 5.74) is -0.369. The van der Waals surface area contributed by atoms with Gasteiger partial charge in [0.25, 0.3) is 5.91 Å². The van der Waals surface area contributed by atoms with Crippen molar-refractivity contribution in [2.24, 2.45) is 0 Å². The lowest BCUT2D eigenvalue weighted by Crippen LogP contribution is -2.16. The first-order chi connectivity index (χ1) is 9.49. The average molecular weight is 275 g/mol. The van der Waals surface area contributed by atoms with Crippen molar-refractivity contribution in [3.63, 3.8) is 0 Å². The molecule has 0 unspecified atom stereocenters. The first-order valence-corrected chi connectivity index (χ1v) is 5.36. The lowest BCUT2D eigenvalue weighted by Gasteiger charge is -2.07. The van der Waals surface area contributed by atoms with Crippen LogP contribution in [0.15, 0.2) is 30.6 Å². The highest BCUT2D eigenvalue weighted by atomic mass is 16.4. The van der Waals surface area contributed by atoms with Crippen LogP contribution in [0.5, 0.6) is 11.5 Å². The van der Waals surface area contributed by atoms with Crippen molar-refractivity contribution in [1.82, 2.24) is 9.97 Å². The van der Waals surface area contributed by atoms with Crippen LogP contribution in [0.2, 0.25) is 0 Å². The smallest absolute Gasteiger partial charge is 0.358 e. The Balaban J connectivity index is 2.28. The molecule has 0 bridgehead atoms. The molecule has 0 spiro atoms. The van der Waals surface area contributed by atoms with E-state index >= 15 is 0 Å². The number of hydrogen-bond donors (Lipinski definition) is 4. The van der Waals surface area contributed by atoms with Gasteiger partial charge in [-0.3, -0.25) is 4.79 Å². The molecule has 0 atom stereocenters. The molecule has 1 aromatic heterocycles. The van der Waals surface area contributed by atoms with E-state index in [0.717, 1.165) is 12.1 Å². The number of nitrogens with one attached hydrogen (secondary N) is 1. The topological polar surface area (TPSA) is 133 Å². The Morgan fingerprint density at radius 1 is 1.05 bits per heavy atom. The highest BCUT2D eigenvalue weighted by molar-refractivity contribution is 6.06. The number of rotatable bonds is 3. The highest BCUT2D eigenvalue weighted by Gasteiger charge is 2.16. The number of anilines is 1. The van der Waals surface area contributed by atoms with E-state index in [-0.39, 0.29) is 17.1 Å². The largest absolute Gasteiger partial charge is 0.504 e. The molecular formula is C12H9N3O5. The fraction of sp³-hybridized carbons (Fsp3) is 0. The Kier molecular flexibility index (Phi) is 3.47. The van der Waals surface area contributed by atoms with E-state index < -0.39 is 23.3 Å². The number of aromatic nitrogens is 2. The summed E-state index contributed by atoms with van der Waals surface area (Å²) >= 11 is 0. The minimum Gasteiger partial charge on any atom is -0.504 e. The summed E-state index contributed by atoms with van der Waals surface area (Å²) in [5.74, 6) is -3.06. The summed E-state index contributed by atoms with van der Waals surface area (Å²) in [5, 5.41) is 29.6. The molecule has 102 valence electrons. The highest BCUT2D eigenvalue weighted by Crippen LogP contribution is 2.25. The van der Waals surface area contributed by atoms with Gasteiger partial charge in [-0.2, -0.15) is 0 Å². The zero-order valence-corrected chi connectivity index (χ0v) is 9.94. The molecule has 20 heavy (non-hydrogen) atoms. The third-order valence-corrected chi connectivity index (χ3v) is 2.37. The van der Waals surface area contributed by atoms with Crippen molar-refractivity contribution in [1.29, 1.82) is 0 Å². The first-order valence-electron chi connectivity index (χ1n) is 5.36. The molecule has 0 saturated heterocycles. The molecule has 0 fully saturated rings. The maximum Gasteiger partial charge on any atom is 0.358 e. The molecule has 8 heteroatoms. The summed E-state index contributed by atoms with van der Waals surface area (Å²) in [6, 6.07) is 3.45. The monoisotopic (exact) mass is 275 g/mol. The molecule has 0 radical (unpaired) electrons. The number of phenols is 2. The van der Waals surface area contributed by atoms with Crippen LogP contribution in [0.3, 0.4) is 0 Å². The standard InChI is InChI=1S/C12H9N3O5/c16-7-2-1-6(5-8(7)17)11(18)15-10-9(12(19)20)13-3-4-14-10/h1-5,16-17H,(H,19,20)(H,14,15,18). The number of phenolic OH excluding ortho intramolecular Hbond substituents is 2. The fourth-order valence-corrected chi connectivity index (χ4v) is 1.43. The molecule has 1 amide bonds. The van der Waals surface area contributed by atoms with E-state index in [2.05, 4.69) is 15.3 Å². The van der Waals surface area contributed by atoms with E-state index in [1.165, 1.54) is 18.5 Å². The van der Waals surface area contributed by atoms with Crippen LogP contribution in [0.25, 0.3) is 0 Å². The van der Waals surface area contributed by atoms with E-state index in [0.29, 0.717) is 0 Å². The molecule has 1 aromatic carbocycles. The molecule has 0 aliphatic heterocycles. The van der Waals surface area contributed by atoms with Gasteiger partial charge in [0.1, 0.15) is 0 Å². The second-order valence-electron chi connectivity index (χ2n) is 3.72. The zero-order valence-electron chi connectivity index (χ0n) is 9.94. The maximum absolute atomic E-state index is 11.9. The van der Waals surface area contributed by atoms with Crippen LogP contribution in [0.1, 0.15) is 20.8 Å². The van der Waals surface area contributed by atoms with E-state index in [4.69, 9.17) is 10.2 Å². The van der Waals surface area contributed by atoms with Gasteiger partial charge in [0.15, 0.2) is 23.0 Å². The number of aromatic hydroxyl groups is 2. The molecule has 2 aromatic rings. The summed E-state index contributed by atoms with van der Waals surface area (Å²) in [7, 11) is 0. The van der Waals surface area contributed by atoms with E-state index in [1.54, 1.807) is 0 Å². The predicted molar refractivity (Wildman–Crippen MR) is 66.7 cm³/mol. The van der Waals surface area contributed by atoms with Crippen LogP contribution in [0, 0.1) is 0 Å². The second kappa shape index (κ2) is 5.22. The third kappa shape index (κ3) is 2.64. The predicted octanol–water partition coefficient (Wildman–Crippen LogP) is 0.838. The van der Waals surface area contributed by atoms with E-state index in [1.807, 2.05) is 0 Å². The number of aromatic carboxylic acids is 1. The number of nitrogens with zero attached hydrogens (tertiary/aromatic N) is 2. The third-order valence-electron chi connectivity index (χ3n) is 2.37. The van der Waals surface area contributed by atoms with Gasteiger partial charge in [-0.15, -0.1) is 0 Å². The van der Waals surface area contributed by atoms with Crippen LogP contribution in [-0.4, -0.2) is 37.2 Å². The van der Waals surface area contributed by atoms with Crippen molar-refractivity contribution < 1.29 is 24.9 Å². The normalized spacial score (nSPS) is 10.0. The van der Waals surface area contributed by atoms with E-state index in [9.17, 15) is 14.7 Å². The van der Waals surface area contributed by atoms with Gasteiger partial charge >= 0.3 is 5.97 Å². The van der Waals surface area contributed by atoms with Crippen molar-refractivity contribution in [2.75, 3.05) is 5.32 Å². The number of amides is 1. The van der Waals surface area contributed by atoms with Gasteiger partial charge in [-0.25, -0.2) is 14.8 Å². The van der Waals surface area contributed by atoms with Crippen LogP contribution < -0.4 is 5.32 Å². The van der Waals surface area contributed by atoms with Crippen LogP contribution >= 0.6 is 0 Å². The van der Waals surface area contributed by atoms with Gasteiger partial charge < -0.3 is 20.6 Å². The molecule has 0 aliphatic carbocycles. The Morgan fingerprint density at radius 2 is 1.75 bits per heavy atom. The van der Waals surface area contributed by atoms with Crippen molar-refractivity contribution in [2.45, 2.75) is 0 Å². The van der Waals surface area contributed by atoms with Gasteiger partial charge in [0, 0.05) is 18.0 Å². The molecule has 0 aliphatic rings. The average Bonchev–Trinajstić information content (AvgIpc) is 2.42. The number of carboxylic acids is 1. The molecule has 0 saturated carbocycles. The SMILES string of the molecule is O=C(Nc1nccnc1C(=O)O)c1ccc(O)c(O)c1. The first kappa shape index (κ1) is 13.3. The van der Waals surface area contributed by atoms with Crippen LogP contribution in [0.4, 0.5) is 5.82 Å². The summed E-state index contributed by atoms with van der Waals surface area (Å²) in [6.07, 6.45) is 2.42. The Morgan fingerprint density at radius 3 is 2.40 bits per heavy atom. The molecular weight excluding hydrogens is 266 g/mol. The van der Waals surface area contributed by atoms with Gasteiger partial charge in [-0.05, 0) is 18.2 Å². The Hall–Kier alpha value is -3.16. The van der Waals surface area contributed by atoms with Crippen molar-refractivity contribution >= 4 is 17.7 Å². The molecule has 8 nitrogen and oxygen atoms in total. The minimum atomic E-state index is -1.33. The second-order valence-corrected chi connectivity index (χ2v) is 3.72. The number of carbonyl (C=O) groups is 2. The Labute approximate surface area is 112 Å². The Bertz CT molecular complexity index is 687. The number of hydrogen-bond acceptors (Lipinski definition) is 6. The molecule has 2 rings (SSSR count). The number of carbonyl (C=O) groups excluding carboxylic acids is 1. The summed E-state index contributed by atoms with van der Waals surface area (Å²) in [4.78, 5) is 30.1. The lowest BCUT2D eigenvalue weighted by molar-refractivity contribution is 0.0691. The fourth-order valence-electron chi connectivity index (χ4n) is 1.43. The summed E-state index contributed by atoms with van der Waals surface area (Å²) in [6.45, 7) is 0. The minimum absolute atomic E-state index is 0.0299. The zero-order chi connectivity index (χ0) is 14.7. The van der Waals surface area contributed by atoms with Gasteiger partial charge in [0.05, 0.1) is 0 Å². The maximum atomic E-state index is 11.9. The van der Waals surface area contributed by atoms with Crippen molar-refractivity contribution in [3.05, 3.63) is 41.9 Å². The van der Waals surface area contributed by atoms with Gasteiger partial charge in [-0.1, -0.05) is 0 Å². The number of carboxylic acid groups (broad SMARTS) is 1. The lowest BCUT2D eigenvalue weighted by atomic mass is 10.2.